The Hall–Kier alpha value is -8.70. The van der Waals surface area contributed by atoms with Gasteiger partial charge in [0.05, 0.1) is 16.8 Å². The first-order valence-corrected chi connectivity index (χ1v) is 24.4. The van der Waals surface area contributed by atoms with Gasteiger partial charge in [0.1, 0.15) is 11.2 Å². The first-order valence-electron chi connectivity index (χ1n) is 23.5. The minimum atomic E-state index is -0.421. The SMILES string of the molecule is c1ccc(-c2ccccc2-c2nc(-c3cccc4oc5ccc(-c6ccc7c(c6)C6(c8ccccc8-c8ccccc86)c6ccccc6-7)cc5c34)cc(-c3cccc4sc5ccccc5c34)n2)cc1. The Labute approximate surface area is 402 Å². The Kier molecular flexibility index (Phi) is 8.15. The Morgan fingerprint density at radius 3 is 1.58 bits per heavy atom. The molecule has 0 fully saturated rings. The third-order valence-corrected chi connectivity index (χ3v) is 15.9. The predicted molar refractivity (Wildman–Crippen MR) is 286 cm³/mol. The summed E-state index contributed by atoms with van der Waals surface area (Å²) in [5.74, 6) is 0.673. The van der Waals surface area contributed by atoms with E-state index in [2.05, 4.69) is 231 Å². The van der Waals surface area contributed by atoms with Gasteiger partial charge in [-0.05, 0) is 109 Å². The molecule has 0 unspecified atom stereocenters. The highest BCUT2D eigenvalue weighted by Gasteiger charge is 2.51. The molecule has 0 atom stereocenters. The summed E-state index contributed by atoms with van der Waals surface area (Å²) in [4.78, 5) is 11.0. The van der Waals surface area contributed by atoms with Gasteiger partial charge in [0.15, 0.2) is 5.82 Å². The molecular weight excluding hydrogens is 857 g/mol. The van der Waals surface area contributed by atoms with Crippen LogP contribution >= 0.6 is 11.3 Å². The smallest absolute Gasteiger partial charge is 0.161 e. The number of thiophene rings is 1. The van der Waals surface area contributed by atoms with Gasteiger partial charge in [0, 0.05) is 47.6 Å². The summed E-state index contributed by atoms with van der Waals surface area (Å²) in [7, 11) is 0. The minimum absolute atomic E-state index is 0.421. The number of fused-ring (bicyclic) bond motifs is 16. The molecule has 10 aromatic carbocycles. The average molecular weight is 895 g/mol. The number of furan rings is 1. The predicted octanol–water partition coefficient (Wildman–Crippen LogP) is 17.4. The lowest BCUT2D eigenvalue weighted by molar-refractivity contribution is 0.669. The van der Waals surface area contributed by atoms with Crippen molar-refractivity contribution in [2.45, 2.75) is 5.41 Å². The second kappa shape index (κ2) is 14.6. The van der Waals surface area contributed by atoms with Crippen molar-refractivity contribution in [1.82, 2.24) is 9.97 Å². The number of hydrogen-bond donors (Lipinski definition) is 0. The zero-order chi connectivity index (χ0) is 45.2. The van der Waals surface area contributed by atoms with E-state index in [-0.39, 0.29) is 0 Å². The molecule has 0 amide bonds. The summed E-state index contributed by atoms with van der Waals surface area (Å²) >= 11 is 1.82. The first-order chi connectivity index (χ1) is 34.2. The van der Waals surface area contributed by atoms with Gasteiger partial charge >= 0.3 is 0 Å². The fourth-order valence-corrected chi connectivity index (χ4v) is 13.0. The Morgan fingerprint density at radius 1 is 0.319 bits per heavy atom. The van der Waals surface area contributed by atoms with E-state index in [1.54, 1.807) is 0 Å². The number of hydrogen-bond acceptors (Lipinski definition) is 4. The van der Waals surface area contributed by atoms with Crippen molar-refractivity contribution in [2.24, 2.45) is 0 Å². The first kappa shape index (κ1) is 38.4. The maximum atomic E-state index is 6.74. The van der Waals surface area contributed by atoms with Crippen LogP contribution in [0.2, 0.25) is 0 Å². The van der Waals surface area contributed by atoms with Crippen molar-refractivity contribution in [2.75, 3.05) is 0 Å². The van der Waals surface area contributed by atoms with Crippen LogP contribution in [0, 0.1) is 0 Å². The lowest BCUT2D eigenvalue weighted by Crippen LogP contribution is -2.25. The lowest BCUT2D eigenvalue weighted by atomic mass is 9.70. The summed E-state index contributed by atoms with van der Waals surface area (Å²) in [6, 6.07) is 83.6. The third-order valence-electron chi connectivity index (χ3n) is 14.8. The molecule has 15 rings (SSSR count). The molecule has 3 aromatic heterocycles. The molecule has 320 valence electrons. The quantitative estimate of drug-likeness (QED) is 0.173. The Bertz CT molecular complexity index is 4210. The largest absolute Gasteiger partial charge is 0.456 e. The zero-order valence-electron chi connectivity index (χ0n) is 37.2. The van der Waals surface area contributed by atoms with E-state index in [4.69, 9.17) is 14.4 Å². The second-order valence-electron chi connectivity index (χ2n) is 18.3. The van der Waals surface area contributed by atoms with Crippen molar-refractivity contribution < 1.29 is 4.42 Å². The number of benzene rings is 10. The molecule has 3 nitrogen and oxygen atoms in total. The van der Waals surface area contributed by atoms with Crippen LogP contribution in [0.5, 0.6) is 0 Å². The molecule has 1 spiro atoms. The van der Waals surface area contributed by atoms with Crippen molar-refractivity contribution in [3.05, 3.63) is 253 Å². The third kappa shape index (κ3) is 5.49. The maximum Gasteiger partial charge on any atom is 0.161 e. The van der Waals surface area contributed by atoms with E-state index in [0.29, 0.717) is 5.82 Å². The van der Waals surface area contributed by atoms with Gasteiger partial charge in [-0.1, -0.05) is 188 Å². The molecular formula is C65H38N2OS. The Morgan fingerprint density at radius 2 is 0.855 bits per heavy atom. The van der Waals surface area contributed by atoms with Gasteiger partial charge in [-0.2, -0.15) is 0 Å². The van der Waals surface area contributed by atoms with E-state index < -0.39 is 5.41 Å². The van der Waals surface area contributed by atoms with Crippen molar-refractivity contribution in [3.8, 4) is 78.4 Å². The van der Waals surface area contributed by atoms with E-state index in [9.17, 15) is 0 Å². The van der Waals surface area contributed by atoms with Crippen LogP contribution in [0.3, 0.4) is 0 Å². The lowest BCUT2D eigenvalue weighted by Gasteiger charge is -2.30. The summed E-state index contributed by atoms with van der Waals surface area (Å²) in [6.45, 7) is 0. The summed E-state index contributed by atoms with van der Waals surface area (Å²) in [6.07, 6.45) is 0. The highest BCUT2D eigenvalue weighted by atomic mass is 32.1. The molecule has 0 saturated carbocycles. The molecule has 2 aliphatic rings. The summed E-state index contributed by atoms with van der Waals surface area (Å²) < 4.78 is 9.23. The van der Waals surface area contributed by atoms with Crippen molar-refractivity contribution in [3.63, 3.8) is 0 Å². The molecule has 3 heterocycles. The average Bonchev–Trinajstić information content (AvgIpc) is 4.16. The van der Waals surface area contributed by atoms with Crippen LogP contribution in [-0.4, -0.2) is 9.97 Å². The van der Waals surface area contributed by atoms with Crippen LogP contribution < -0.4 is 0 Å². The fourth-order valence-electron chi connectivity index (χ4n) is 11.9. The number of nitrogens with zero attached hydrogens (tertiary/aromatic N) is 2. The second-order valence-corrected chi connectivity index (χ2v) is 19.4. The van der Waals surface area contributed by atoms with Crippen LogP contribution in [0.4, 0.5) is 0 Å². The molecule has 0 bridgehead atoms. The minimum Gasteiger partial charge on any atom is -0.456 e. The molecule has 0 N–H and O–H groups in total. The fraction of sp³-hybridized carbons (Fsp3) is 0.0154. The maximum absolute atomic E-state index is 6.74. The highest BCUT2D eigenvalue weighted by Crippen LogP contribution is 2.63. The number of rotatable bonds is 5. The van der Waals surface area contributed by atoms with Gasteiger partial charge in [0.2, 0.25) is 0 Å². The van der Waals surface area contributed by atoms with Crippen molar-refractivity contribution >= 4 is 53.4 Å². The summed E-state index contributed by atoms with van der Waals surface area (Å²) in [5.41, 5.74) is 21.0. The Balaban J connectivity index is 0.946. The van der Waals surface area contributed by atoms with Crippen LogP contribution in [0.15, 0.2) is 235 Å². The zero-order valence-corrected chi connectivity index (χ0v) is 38.0. The number of aromatic nitrogens is 2. The van der Waals surface area contributed by atoms with Gasteiger partial charge in [-0.25, -0.2) is 9.97 Å². The van der Waals surface area contributed by atoms with Crippen molar-refractivity contribution in [1.29, 1.82) is 0 Å². The van der Waals surface area contributed by atoms with Gasteiger partial charge < -0.3 is 4.42 Å². The van der Waals surface area contributed by atoms with E-state index >= 15 is 0 Å². The highest BCUT2D eigenvalue weighted by molar-refractivity contribution is 7.25. The topological polar surface area (TPSA) is 38.9 Å². The van der Waals surface area contributed by atoms with Gasteiger partial charge in [-0.15, -0.1) is 11.3 Å². The standard InChI is InChI=1S/C65H38N2OS/c1-2-16-39(17-3-1)42-18-4-5-22-47(42)64-66-56(38-57(67-64)49-25-15-31-61-63(49)50-23-9-13-30-60(50)69-61)48-24-14-29-59-62(48)51-36-40(33-35-58(51)68-59)41-32-34-46-45-21-8-12-28-54(45)65(55(46)37-41)52-26-10-6-19-43(52)44-20-7-11-27-53(44)65/h1-38H. The van der Waals surface area contributed by atoms with Gasteiger partial charge in [-0.3, -0.25) is 0 Å². The van der Waals surface area contributed by atoms with Crippen LogP contribution in [0.1, 0.15) is 22.3 Å². The normalized spacial score (nSPS) is 13.0. The van der Waals surface area contributed by atoms with E-state index in [1.807, 2.05) is 11.3 Å². The molecule has 13 aromatic rings. The molecule has 4 heteroatoms. The molecule has 0 saturated heterocycles. The molecule has 69 heavy (non-hydrogen) atoms. The molecule has 0 aliphatic heterocycles. The van der Waals surface area contributed by atoms with Crippen LogP contribution in [0.25, 0.3) is 121 Å². The summed E-state index contributed by atoms with van der Waals surface area (Å²) in [5, 5.41) is 4.53. The van der Waals surface area contributed by atoms with E-state index in [1.165, 1.54) is 64.7 Å². The van der Waals surface area contributed by atoms with E-state index in [0.717, 1.165) is 72.3 Å². The van der Waals surface area contributed by atoms with Gasteiger partial charge in [0.25, 0.3) is 0 Å². The monoisotopic (exact) mass is 894 g/mol. The molecule has 2 aliphatic carbocycles. The van der Waals surface area contributed by atoms with Crippen LogP contribution in [-0.2, 0) is 5.41 Å². The molecule has 0 radical (unpaired) electrons.